The maximum atomic E-state index is 11.0. The summed E-state index contributed by atoms with van der Waals surface area (Å²) < 4.78 is 0. The van der Waals surface area contributed by atoms with Crippen molar-refractivity contribution in [2.75, 3.05) is 0 Å². The van der Waals surface area contributed by atoms with Gasteiger partial charge in [-0.2, -0.15) is 0 Å². The van der Waals surface area contributed by atoms with Crippen LogP contribution in [0.1, 0.15) is 78.6 Å². The second-order valence-corrected chi connectivity index (χ2v) is 6.03. The molecule has 0 saturated carbocycles. The van der Waals surface area contributed by atoms with Gasteiger partial charge in [0.25, 0.3) is 0 Å². The number of unbranched alkanes of at least 4 members (excludes halogenated alkanes) is 3. The highest BCUT2D eigenvalue weighted by Crippen LogP contribution is 2.36. The molecule has 1 rings (SSSR count). The molecule has 0 heterocycles. The van der Waals surface area contributed by atoms with Gasteiger partial charge in [0.2, 0.25) is 0 Å². The van der Waals surface area contributed by atoms with Crippen molar-refractivity contribution in [3.8, 4) is 0 Å². The number of aliphatic hydroxyl groups is 1. The van der Waals surface area contributed by atoms with E-state index >= 15 is 0 Å². The minimum Gasteiger partial charge on any atom is -0.385 e. The highest BCUT2D eigenvalue weighted by Gasteiger charge is 2.34. The maximum Gasteiger partial charge on any atom is 0.0895 e. The lowest BCUT2D eigenvalue weighted by molar-refractivity contribution is 0.0304. The Bertz CT molecular complexity index is 303. The summed E-state index contributed by atoms with van der Waals surface area (Å²) in [5.41, 5.74) is 0.761. The van der Waals surface area contributed by atoms with Crippen LogP contribution in [0.5, 0.6) is 0 Å². The van der Waals surface area contributed by atoms with Gasteiger partial charge in [-0.15, -0.1) is 0 Å². The average Bonchev–Trinajstić information content (AvgIpc) is 2.42. The Hall–Kier alpha value is -0.560. The highest BCUT2D eigenvalue weighted by molar-refractivity contribution is 5.30. The van der Waals surface area contributed by atoms with Crippen LogP contribution in [-0.4, -0.2) is 10.7 Å². The van der Waals surface area contributed by atoms with Gasteiger partial charge in [0.05, 0.1) is 5.60 Å². The van der Waals surface area contributed by atoms with Crippen molar-refractivity contribution < 1.29 is 5.11 Å². The lowest BCUT2D eigenvalue weighted by atomic mass is 9.75. The second kappa shape index (κ2) is 8.58. The molecule has 0 aromatic heterocycles. The standard InChI is InChI=1S/C18H32O/c1-4-7-10-16-12-13-17(11-8-5-2)18(19,15-16)14-9-6-3/h12-13,15,17,19H,4-11,14H2,1-3H3. The van der Waals surface area contributed by atoms with Crippen molar-refractivity contribution in [1.29, 1.82) is 0 Å². The van der Waals surface area contributed by atoms with Gasteiger partial charge in [-0.05, 0) is 37.3 Å². The molecule has 0 aliphatic heterocycles. The predicted molar refractivity (Wildman–Crippen MR) is 84.2 cm³/mol. The molecule has 1 N–H and O–H groups in total. The van der Waals surface area contributed by atoms with Crippen molar-refractivity contribution in [2.24, 2.45) is 5.92 Å². The largest absolute Gasteiger partial charge is 0.385 e. The molecule has 110 valence electrons. The molecule has 2 atom stereocenters. The van der Waals surface area contributed by atoms with Gasteiger partial charge in [-0.3, -0.25) is 0 Å². The summed E-state index contributed by atoms with van der Waals surface area (Å²) in [7, 11) is 0. The van der Waals surface area contributed by atoms with E-state index in [0.717, 1.165) is 32.1 Å². The predicted octanol–water partition coefficient (Wildman–Crippen LogP) is 5.40. The zero-order chi connectivity index (χ0) is 14.1. The van der Waals surface area contributed by atoms with Crippen LogP contribution in [0.25, 0.3) is 0 Å². The molecule has 19 heavy (non-hydrogen) atoms. The van der Waals surface area contributed by atoms with Gasteiger partial charge < -0.3 is 5.11 Å². The monoisotopic (exact) mass is 264 g/mol. The number of hydrogen-bond acceptors (Lipinski definition) is 1. The first-order chi connectivity index (χ1) is 9.16. The van der Waals surface area contributed by atoms with Crippen LogP contribution in [0.2, 0.25) is 0 Å². The van der Waals surface area contributed by atoms with E-state index in [1.165, 1.54) is 31.3 Å². The fourth-order valence-corrected chi connectivity index (χ4v) is 2.91. The molecule has 0 bridgehead atoms. The highest BCUT2D eigenvalue weighted by atomic mass is 16.3. The van der Waals surface area contributed by atoms with Gasteiger partial charge in [0.15, 0.2) is 0 Å². The molecule has 0 amide bonds. The van der Waals surface area contributed by atoms with Crippen LogP contribution in [0.3, 0.4) is 0 Å². The summed E-state index contributed by atoms with van der Waals surface area (Å²) in [6, 6.07) is 0. The van der Waals surface area contributed by atoms with Crippen LogP contribution in [0.4, 0.5) is 0 Å². The molecular weight excluding hydrogens is 232 g/mol. The van der Waals surface area contributed by atoms with Gasteiger partial charge in [-0.1, -0.05) is 65.0 Å². The summed E-state index contributed by atoms with van der Waals surface area (Å²) in [5, 5.41) is 11.0. The first kappa shape index (κ1) is 16.5. The Morgan fingerprint density at radius 3 is 2.37 bits per heavy atom. The third-order valence-corrected chi connectivity index (χ3v) is 4.24. The lowest BCUT2D eigenvalue weighted by Crippen LogP contribution is -2.37. The van der Waals surface area contributed by atoms with Gasteiger partial charge in [0, 0.05) is 5.92 Å². The fraction of sp³-hybridized carbons (Fsp3) is 0.778. The van der Waals surface area contributed by atoms with Gasteiger partial charge in [0.1, 0.15) is 0 Å². The van der Waals surface area contributed by atoms with Crippen LogP contribution in [0.15, 0.2) is 23.8 Å². The number of rotatable bonds is 9. The molecule has 0 aromatic carbocycles. The van der Waals surface area contributed by atoms with Crippen LogP contribution in [0, 0.1) is 5.92 Å². The molecule has 0 spiro atoms. The van der Waals surface area contributed by atoms with E-state index in [2.05, 4.69) is 39.0 Å². The molecule has 0 radical (unpaired) electrons. The Balaban J connectivity index is 2.73. The second-order valence-electron chi connectivity index (χ2n) is 6.03. The summed E-state index contributed by atoms with van der Waals surface area (Å²) in [4.78, 5) is 0. The van der Waals surface area contributed by atoms with Crippen molar-refractivity contribution in [1.82, 2.24) is 0 Å². The lowest BCUT2D eigenvalue weighted by Gasteiger charge is -2.35. The zero-order valence-corrected chi connectivity index (χ0v) is 13.1. The van der Waals surface area contributed by atoms with Crippen molar-refractivity contribution in [3.63, 3.8) is 0 Å². The Labute approximate surface area is 119 Å². The van der Waals surface area contributed by atoms with E-state index in [0.29, 0.717) is 5.92 Å². The molecular formula is C18H32O. The number of allylic oxidation sites excluding steroid dienone is 2. The van der Waals surface area contributed by atoms with Crippen LogP contribution in [-0.2, 0) is 0 Å². The smallest absolute Gasteiger partial charge is 0.0895 e. The Morgan fingerprint density at radius 1 is 1.05 bits per heavy atom. The van der Waals surface area contributed by atoms with Crippen molar-refractivity contribution in [3.05, 3.63) is 23.8 Å². The molecule has 0 fully saturated rings. The molecule has 1 aliphatic rings. The SMILES string of the molecule is CCCCC1=CC(O)(CCCC)C(CCCC)C=C1. The van der Waals surface area contributed by atoms with E-state index in [4.69, 9.17) is 0 Å². The zero-order valence-electron chi connectivity index (χ0n) is 13.1. The van der Waals surface area contributed by atoms with E-state index in [1.807, 2.05) is 0 Å². The molecule has 2 unspecified atom stereocenters. The molecule has 1 heteroatoms. The summed E-state index contributed by atoms with van der Waals surface area (Å²) in [5.74, 6) is 0.323. The Morgan fingerprint density at radius 2 is 1.74 bits per heavy atom. The molecule has 1 aliphatic carbocycles. The molecule has 0 saturated heterocycles. The van der Waals surface area contributed by atoms with E-state index in [-0.39, 0.29) is 0 Å². The minimum absolute atomic E-state index is 0.323. The van der Waals surface area contributed by atoms with Gasteiger partial charge >= 0.3 is 0 Å². The van der Waals surface area contributed by atoms with E-state index in [9.17, 15) is 5.11 Å². The van der Waals surface area contributed by atoms with Crippen molar-refractivity contribution in [2.45, 2.75) is 84.2 Å². The quantitative estimate of drug-likeness (QED) is 0.591. The number of hydrogen-bond donors (Lipinski definition) is 1. The van der Waals surface area contributed by atoms with Crippen molar-refractivity contribution >= 4 is 0 Å². The van der Waals surface area contributed by atoms with Gasteiger partial charge in [-0.25, -0.2) is 0 Å². The first-order valence-electron chi connectivity index (χ1n) is 8.28. The third-order valence-electron chi connectivity index (χ3n) is 4.24. The molecule has 0 aromatic rings. The Kier molecular flexibility index (Phi) is 7.45. The third kappa shape index (κ3) is 5.14. The maximum absolute atomic E-state index is 11.0. The van der Waals surface area contributed by atoms with Crippen LogP contribution >= 0.6 is 0 Å². The first-order valence-corrected chi connectivity index (χ1v) is 8.28. The van der Waals surface area contributed by atoms with E-state index < -0.39 is 5.60 Å². The van der Waals surface area contributed by atoms with E-state index in [1.54, 1.807) is 0 Å². The summed E-state index contributed by atoms with van der Waals surface area (Å²) in [6.07, 6.45) is 17.0. The summed E-state index contributed by atoms with van der Waals surface area (Å²) in [6.45, 7) is 6.64. The van der Waals surface area contributed by atoms with Crippen LogP contribution < -0.4 is 0 Å². The average molecular weight is 264 g/mol. The topological polar surface area (TPSA) is 20.2 Å². The summed E-state index contributed by atoms with van der Waals surface area (Å²) >= 11 is 0. The molecule has 1 nitrogen and oxygen atoms in total. The minimum atomic E-state index is -0.580. The fourth-order valence-electron chi connectivity index (χ4n) is 2.91. The normalized spacial score (nSPS) is 26.5.